The van der Waals surface area contributed by atoms with Crippen molar-refractivity contribution in [1.29, 1.82) is 0 Å². The van der Waals surface area contributed by atoms with Crippen LogP contribution >= 0.6 is 22.9 Å². The zero-order valence-corrected chi connectivity index (χ0v) is 15.7. The quantitative estimate of drug-likeness (QED) is 0.854. The van der Waals surface area contributed by atoms with Crippen molar-refractivity contribution in [2.24, 2.45) is 5.92 Å². The summed E-state index contributed by atoms with van der Waals surface area (Å²) in [6.45, 7) is 6.16. The lowest BCUT2D eigenvalue weighted by molar-refractivity contribution is 0.103. The maximum atomic E-state index is 12.5. The molecule has 4 nitrogen and oxygen atoms in total. The van der Waals surface area contributed by atoms with Crippen LogP contribution in [0.4, 0.5) is 11.4 Å². The molecule has 0 spiro atoms. The molecule has 0 atom stereocenters. The number of aryl methyl sites for hydroxylation is 1. The Morgan fingerprint density at radius 2 is 2.09 bits per heavy atom. The minimum atomic E-state index is -0.135. The molecule has 124 valence electrons. The number of carbonyl (C=O) groups excluding carboxylic acids is 1. The lowest BCUT2D eigenvalue weighted by Crippen LogP contribution is -2.13. The zero-order valence-electron chi connectivity index (χ0n) is 14.1. The van der Waals surface area contributed by atoms with Gasteiger partial charge in [0.05, 0.1) is 21.4 Å². The molecular weight excluding hydrogens is 330 g/mol. The molecule has 6 heteroatoms. The molecule has 0 aliphatic carbocycles. The fraction of sp³-hybridized carbons (Fsp3) is 0.412. The minimum Gasteiger partial charge on any atom is -0.376 e. The van der Waals surface area contributed by atoms with E-state index in [1.165, 1.54) is 11.3 Å². The molecule has 23 heavy (non-hydrogen) atoms. The molecule has 0 aliphatic rings. The van der Waals surface area contributed by atoms with Crippen LogP contribution in [-0.2, 0) is 6.42 Å². The summed E-state index contributed by atoms with van der Waals surface area (Å²) in [7, 11) is 3.85. The van der Waals surface area contributed by atoms with Crippen molar-refractivity contribution in [3.05, 3.63) is 38.8 Å². The minimum absolute atomic E-state index is 0.135. The number of benzene rings is 1. The van der Waals surface area contributed by atoms with Gasteiger partial charge in [0.25, 0.3) is 5.91 Å². The highest BCUT2D eigenvalue weighted by Gasteiger charge is 2.16. The molecule has 0 aliphatic heterocycles. The number of anilines is 2. The summed E-state index contributed by atoms with van der Waals surface area (Å²) in [4.78, 5) is 19.6. The number of thiazole rings is 1. The van der Waals surface area contributed by atoms with Crippen LogP contribution in [0.1, 0.15) is 34.2 Å². The average molecular weight is 352 g/mol. The predicted octanol–water partition coefficient (Wildman–Crippen LogP) is 4.62. The van der Waals surface area contributed by atoms with E-state index in [4.69, 9.17) is 11.6 Å². The fourth-order valence-electron chi connectivity index (χ4n) is 2.23. The predicted molar refractivity (Wildman–Crippen MR) is 99.1 cm³/mol. The third-order valence-electron chi connectivity index (χ3n) is 3.32. The molecule has 1 N–H and O–H groups in total. The first kappa shape index (κ1) is 17.8. The number of amides is 1. The first-order valence-corrected chi connectivity index (χ1v) is 8.72. The van der Waals surface area contributed by atoms with Gasteiger partial charge in [0.15, 0.2) is 0 Å². The Bertz CT molecular complexity index is 710. The van der Waals surface area contributed by atoms with Crippen molar-refractivity contribution >= 4 is 40.2 Å². The lowest BCUT2D eigenvalue weighted by Gasteiger charge is -2.15. The highest BCUT2D eigenvalue weighted by atomic mass is 35.5. The summed E-state index contributed by atoms with van der Waals surface area (Å²) in [6, 6.07) is 5.51. The van der Waals surface area contributed by atoms with Gasteiger partial charge in [0.1, 0.15) is 4.88 Å². The van der Waals surface area contributed by atoms with Gasteiger partial charge in [-0.3, -0.25) is 4.79 Å². The van der Waals surface area contributed by atoms with E-state index in [9.17, 15) is 4.79 Å². The van der Waals surface area contributed by atoms with Crippen LogP contribution in [0.2, 0.25) is 5.02 Å². The Morgan fingerprint density at radius 1 is 1.39 bits per heavy atom. The molecule has 0 saturated heterocycles. The summed E-state index contributed by atoms with van der Waals surface area (Å²) < 4.78 is 0. The monoisotopic (exact) mass is 351 g/mol. The van der Waals surface area contributed by atoms with E-state index < -0.39 is 0 Å². The molecule has 0 bridgehead atoms. The number of halogens is 1. The van der Waals surface area contributed by atoms with Crippen molar-refractivity contribution in [3.8, 4) is 0 Å². The topological polar surface area (TPSA) is 45.2 Å². The summed E-state index contributed by atoms with van der Waals surface area (Å²) in [5.41, 5.74) is 2.38. The molecule has 1 aromatic heterocycles. The maximum absolute atomic E-state index is 12.5. The van der Waals surface area contributed by atoms with Crippen LogP contribution in [0, 0.1) is 12.8 Å². The van der Waals surface area contributed by atoms with Gasteiger partial charge in [-0.15, -0.1) is 11.3 Å². The average Bonchev–Trinajstić information content (AvgIpc) is 2.78. The number of carbonyl (C=O) groups is 1. The number of nitrogens with one attached hydrogen (secondary N) is 1. The van der Waals surface area contributed by atoms with Gasteiger partial charge < -0.3 is 10.2 Å². The standard InChI is InChI=1S/C17H22ClN3OS/c1-10(2)8-15-19-11(3)16(23-15)17(22)20-12-6-7-14(21(4)5)13(18)9-12/h6-7,9-10H,8H2,1-5H3,(H,20,22). The number of aromatic nitrogens is 1. The largest absolute Gasteiger partial charge is 0.376 e. The molecule has 2 aromatic rings. The van der Waals surface area contributed by atoms with Gasteiger partial charge in [0.2, 0.25) is 0 Å². The Hall–Kier alpha value is -1.59. The summed E-state index contributed by atoms with van der Waals surface area (Å²) >= 11 is 7.71. The van der Waals surface area contributed by atoms with Gasteiger partial charge in [-0.2, -0.15) is 0 Å². The van der Waals surface area contributed by atoms with E-state index in [-0.39, 0.29) is 5.91 Å². The lowest BCUT2D eigenvalue weighted by atomic mass is 10.1. The van der Waals surface area contributed by atoms with Gasteiger partial charge in [-0.05, 0) is 31.0 Å². The Morgan fingerprint density at radius 3 is 2.65 bits per heavy atom. The van der Waals surface area contributed by atoms with Crippen LogP contribution in [0.15, 0.2) is 18.2 Å². The van der Waals surface area contributed by atoms with Crippen LogP contribution in [-0.4, -0.2) is 25.0 Å². The second-order valence-corrected chi connectivity index (χ2v) is 7.63. The molecule has 0 saturated carbocycles. The van der Waals surface area contributed by atoms with Gasteiger partial charge in [-0.25, -0.2) is 4.98 Å². The van der Waals surface area contributed by atoms with Crippen LogP contribution in [0.25, 0.3) is 0 Å². The van der Waals surface area contributed by atoms with Gasteiger partial charge in [0, 0.05) is 26.2 Å². The number of hydrogen-bond donors (Lipinski definition) is 1. The van der Waals surface area contributed by atoms with E-state index in [1.807, 2.05) is 38.1 Å². The third kappa shape index (κ3) is 4.45. The number of hydrogen-bond acceptors (Lipinski definition) is 4. The first-order valence-electron chi connectivity index (χ1n) is 7.52. The van der Waals surface area contributed by atoms with E-state index in [1.54, 1.807) is 6.07 Å². The SMILES string of the molecule is Cc1nc(CC(C)C)sc1C(=O)Nc1ccc(N(C)C)c(Cl)c1. The third-order valence-corrected chi connectivity index (χ3v) is 4.80. The molecular formula is C17H22ClN3OS. The Balaban J connectivity index is 2.16. The highest BCUT2D eigenvalue weighted by Crippen LogP contribution is 2.28. The maximum Gasteiger partial charge on any atom is 0.267 e. The van der Waals surface area contributed by atoms with E-state index in [0.29, 0.717) is 21.5 Å². The molecule has 0 radical (unpaired) electrons. The van der Waals surface area contributed by atoms with Crippen molar-refractivity contribution in [3.63, 3.8) is 0 Å². The summed E-state index contributed by atoms with van der Waals surface area (Å²) in [5.74, 6) is 0.387. The molecule has 1 heterocycles. The normalized spacial score (nSPS) is 10.9. The van der Waals surface area contributed by atoms with Crippen molar-refractivity contribution in [2.75, 3.05) is 24.3 Å². The van der Waals surface area contributed by atoms with E-state index in [0.717, 1.165) is 22.8 Å². The fourth-order valence-corrected chi connectivity index (χ4v) is 3.76. The van der Waals surface area contributed by atoms with Crippen molar-refractivity contribution < 1.29 is 4.79 Å². The van der Waals surface area contributed by atoms with Crippen molar-refractivity contribution in [1.82, 2.24) is 4.98 Å². The van der Waals surface area contributed by atoms with E-state index >= 15 is 0 Å². The van der Waals surface area contributed by atoms with E-state index in [2.05, 4.69) is 24.1 Å². The second-order valence-electron chi connectivity index (χ2n) is 6.13. The van der Waals surface area contributed by atoms with Gasteiger partial charge in [-0.1, -0.05) is 25.4 Å². The highest BCUT2D eigenvalue weighted by molar-refractivity contribution is 7.13. The van der Waals surface area contributed by atoms with Crippen LogP contribution in [0.5, 0.6) is 0 Å². The number of nitrogens with zero attached hydrogens (tertiary/aromatic N) is 2. The molecule has 1 amide bonds. The smallest absolute Gasteiger partial charge is 0.267 e. The van der Waals surface area contributed by atoms with Crippen LogP contribution < -0.4 is 10.2 Å². The van der Waals surface area contributed by atoms with Crippen molar-refractivity contribution in [2.45, 2.75) is 27.2 Å². The molecule has 1 aromatic carbocycles. The van der Waals surface area contributed by atoms with Gasteiger partial charge >= 0.3 is 0 Å². The molecule has 2 rings (SSSR count). The second kappa shape index (κ2) is 7.32. The number of rotatable bonds is 5. The Labute approximate surface area is 146 Å². The summed E-state index contributed by atoms with van der Waals surface area (Å²) in [5, 5.41) is 4.51. The first-order chi connectivity index (χ1) is 10.8. The molecule has 0 unspecified atom stereocenters. The zero-order chi connectivity index (χ0) is 17.1. The van der Waals surface area contributed by atoms with Crippen LogP contribution in [0.3, 0.4) is 0 Å². The molecule has 0 fully saturated rings. The Kier molecular flexibility index (Phi) is 5.65. The summed E-state index contributed by atoms with van der Waals surface area (Å²) in [6.07, 6.45) is 0.891.